The molecule has 1 atom stereocenters. The van der Waals surface area contributed by atoms with Crippen LogP contribution < -0.4 is 0 Å². The molecule has 1 aliphatic rings. The fourth-order valence-electron chi connectivity index (χ4n) is 1.76. The number of ketones is 1. The molecule has 0 radical (unpaired) electrons. The lowest BCUT2D eigenvalue weighted by Crippen LogP contribution is -2.27. The van der Waals surface area contributed by atoms with Crippen molar-refractivity contribution >= 4 is 23.1 Å². The first-order chi connectivity index (χ1) is 9.11. The second-order valence-corrected chi connectivity index (χ2v) is 5.48. The van der Waals surface area contributed by atoms with Gasteiger partial charge in [0.15, 0.2) is 18.3 Å². The number of hydrogen-bond donors (Lipinski definition) is 0. The van der Waals surface area contributed by atoms with Gasteiger partial charge in [0.05, 0.1) is 12.0 Å². The number of aryl methyl sites for hydroxylation is 1. The van der Waals surface area contributed by atoms with Crippen molar-refractivity contribution in [2.24, 2.45) is 5.92 Å². The predicted octanol–water partition coefficient (Wildman–Crippen LogP) is 1.97. The third-order valence-corrected chi connectivity index (χ3v) is 4.16. The van der Waals surface area contributed by atoms with Crippen LogP contribution in [0.15, 0.2) is 5.38 Å². The van der Waals surface area contributed by atoms with Crippen molar-refractivity contribution in [1.29, 1.82) is 5.26 Å². The molecular weight excluding hydrogens is 264 g/mol. The van der Waals surface area contributed by atoms with Crippen LogP contribution in [-0.4, -0.2) is 23.3 Å². The van der Waals surface area contributed by atoms with Crippen LogP contribution in [0.3, 0.4) is 0 Å². The number of rotatable bonds is 5. The van der Waals surface area contributed by atoms with Crippen molar-refractivity contribution in [3.63, 3.8) is 0 Å². The van der Waals surface area contributed by atoms with E-state index in [0.29, 0.717) is 5.01 Å². The molecule has 0 N–H and O–H groups in total. The van der Waals surface area contributed by atoms with Gasteiger partial charge in [-0.15, -0.1) is 11.3 Å². The lowest BCUT2D eigenvalue weighted by Gasteiger charge is -2.22. The van der Waals surface area contributed by atoms with Crippen LogP contribution in [0.5, 0.6) is 0 Å². The maximum Gasteiger partial charge on any atom is 0.309 e. The number of nitriles is 1. The molecule has 1 aliphatic carbocycles. The Labute approximate surface area is 115 Å². The van der Waals surface area contributed by atoms with E-state index in [4.69, 9.17) is 10.00 Å². The van der Waals surface area contributed by atoms with Gasteiger partial charge < -0.3 is 4.74 Å². The molecular formula is C13H14N2O3S. The number of esters is 1. The molecule has 1 fully saturated rings. The predicted molar refractivity (Wildman–Crippen MR) is 68.5 cm³/mol. The van der Waals surface area contributed by atoms with Gasteiger partial charge >= 0.3 is 5.97 Å². The molecule has 0 spiro atoms. The Morgan fingerprint density at radius 2 is 2.37 bits per heavy atom. The number of hydrogen-bond acceptors (Lipinski definition) is 6. The van der Waals surface area contributed by atoms with Crippen LogP contribution in [0, 0.1) is 24.2 Å². The fourth-order valence-corrected chi connectivity index (χ4v) is 2.62. The molecule has 1 aromatic heterocycles. The minimum absolute atomic E-state index is 0.0598. The Kier molecular flexibility index (Phi) is 4.27. The molecule has 6 heteroatoms. The molecule has 1 heterocycles. The zero-order valence-electron chi connectivity index (χ0n) is 10.6. The maximum atomic E-state index is 11.9. The van der Waals surface area contributed by atoms with Crippen LogP contribution in [0.1, 0.15) is 35.9 Å². The van der Waals surface area contributed by atoms with Gasteiger partial charge in [-0.05, 0) is 19.8 Å². The molecule has 0 unspecified atom stereocenters. The van der Waals surface area contributed by atoms with Crippen LogP contribution in [0.2, 0.25) is 0 Å². The smallest absolute Gasteiger partial charge is 0.309 e. The van der Waals surface area contributed by atoms with E-state index >= 15 is 0 Å². The number of Topliss-reactive ketones (excluding diaryl/α,β-unsaturated/α-hetero) is 1. The number of nitrogens with zero attached hydrogens (tertiary/aromatic N) is 2. The van der Waals surface area contributed by atoms with E-state index < -0.39 is 11.7 Å². The van der Waals surface area contributed by atoms with E-state index in [1.54, 1.807) is 12.3 Å². The summed E-state index contributed by atoms with van der Waals surface area (Å²) in [5.74, 6) is -1.74. The second kappa shape index (κ2) is 5.93. The SMILES string of the molecule is Cc1csc([C@H](C#N)C(=O)COC(=O)C2CCC2)n1. The largest absolute Gasteiger partial charge is 0.457 e. The summed E-state index contributed by atoms with van der Waals surface area (Å²) in [6.07, 6.45) is 2.70. The minimum atomic E-state index is -0.937. The zero-order valence-corrected chi connectivity index (χ0v) is 11.4. The molecule has 1 aromatic rings. The molecule has 19 heavy (non-hydrogen) atoms. The Balaban J connectivity index is 1.90. The van der Waals surface area contributed by atoms with Gasteiger partial charge in [-0.2, -0.15) is 5.26 Å². The summed E-state index contributed by atoms with van der Waals surface area (Å²) in [6.45, 7) is 1.46. The lowest BCUT2D eigenvalue weighted by molar-refractivity contribution is -0.154. The summed E-state index contributed by atoms with van der Waals surface area (Å²) in [5, 5.41) is 11.3. The first kappa shape index (κ1) is 13.7. The van der Waals surface area contributed by atoms with Crippen molar-refractivity contribution in [3.05, 3.63) is 16.1 Å². The first-order valence-electron chi connectivity index (χ1n) is 6.13. The Morgan fingerprint density at radius 3 is 2.84 bits per heavy atom. The molecule has 0 aliphatic heterocycles. The average Bonchev–Trinajstić information content (AvgIpc) is 2.72. The van der Waals surface area contributed by atoms with Crippen molar-refractivity contribution in [2.45, 2.75) is 32.1 Å². The van der Waals surface area contributed by atoms with E-state index in [0.717, 1.165) is 25.0 Å². The van der Waals surface area contributed by atoms with E-state index in [1.165, 1.54) is 11.3 Å². The highest BCUT2D eigenvalue weighted by molar-refractivity contribution is 7.09. The molecule has 1 saturated carbocycles. The van der Waals surface area contributed by atoms with Crippen molar-refractivity contribution in [1.82, 2.24) is 4.98 Å². The van der Waals surface area contributed by atoms with Gasteiger partial charge in [-0.25, -0.2) is 4.98 Å². The quantitative estimate of drug-likeness (QED) is 0.769. The van der Waals surface area contributed by atoms with Crippen LogP contribution in [-0.2, 0) is 14.3 Å². The number of carbonyl (C=O) groups is 2. The van der Waals surface area contributed by atoms with E-state index in [-0.39, 0.29) is 18.5 Å². The highest BCUT2D eigenvalue weighted by Gasteiger charge is 2.29. The van der Waals surface area contributed by atoms with Crippen LogP contribution in [0.4, 0.5) is 0 Å². The Hall–Kier alpha value is -1.74. The average molecular weight is 278 g/mol. The van der Waals surface area contributed by atoms with Crippen LogP contribution >= 0.6 is 11.3 Å². The Morgan fingerprint density at radius 1 is 1.63 bits per heavy atom. The van der Waals surface area contributed by atoms with Crippen molar-refractivity contribution in [3.8, 4) is 6.07 Å². The monoisotopic (exact) mass is 278 g/mol. The molecule has 0 amide bonds. The highest BCUT2D eigenvalue weighted by Crippen LogP contribution is 2.27. The van der Waals surface area contributed by atoms with E-state index in [1.807, 2.05) is 6.07 Å². The first-order valence-corrected chi connectivity index (χ1v) is 7.00. The number of carbonyl (C=O) groups excluding carboxylic acids is 2. The van der Waals surface area contributed by atoms with E-state index in [2.05, 4.69) is 4.98 Å². The molecule has 0 saturated heterocycles. The zero-order chi connectivity index (χ0) is 13.8. The third kappa shape index (κ3) is 3.18. The van der Waals surface area contributed by atoms with Gasteiger partial charge in [0, 0.05) is 11.1 Å². The number of aromatic nitrogens is 1. The minimum Gasteiger partial charge on any atom is -0.457 e. The third-order valence-electron chi connectivity index (χ3n) is 3.13. The highest BCUT2D eigenvalue weighted by atomic mass is 32.1. The summed E-state index contributed by atoms with van der Waals surface area (Å²) in [5.41, 5.74) is 0.777. The molecule has 5 nitrogen and oxygen atoms in total. The molecule has 0 aromatic carbocycles. The van der Waals surface area contributed by atoms with Gasteiger partial charge in [0.2, 0.25) is 0 Å². The van der Waals surface area contributed by atoms with Gasteiger partial charge in [0.25, 0.3) is 0 Å². The molecule has 2 rings (SSSR count). The maximum absolute atomic E-state index is 11.9. The Bertz CT molecular complexity index is 528. The second-order valence-electron chi connectivity index (χ2n) is 4.59. The summed E-state index contributed by atoms with van der Waals surface area (Å²) in [4.78, 5) is 27.5. The molecule has 100 valence electrons. The number of ether oxygens (including phenoxy) is 1. The summed E-state index contributed by atoms with van der Waals surface area (Å²) in [7, 11) is 0. The van der Waals surface area contributed by atoms with E-state index in [9.17, 15) is 9.59 Å². The topological polar surface area (TPSA) is 80.0 Å². The van der Waals surface area contributed by atoms with Crippen LogP contribution in [0.25, 0.3) is 0 Å². The fraction of sp³-hybridized carbons (Fsp3) is 0.538. The summed E-state index contributed by atoms with van der Waals surface area (Å²) in [6, 6.07) is 1.92. The lowest BCUT2D eigenvalue weighted by atomic mass is 9.86. The van der Waals surface area contributed by atoms with Crippen molar-refractivity contribution < 1.29 is 14.3 Å². The molecule has 0 bridgehead atoms. The van der Waals surface area contributed by atoms with Gasteiger partial charge in [0.1, 0.15) is 5.01 Å². The summed E-state index contributed by atoms with van der Waals surface area (Å²) >= 11 is 1.27. The van der Waals surface area contributed by atoms with Gasteiger partial charge in [-0.3, -0.25) is 9.59 Å². The number of thiazole rings is 1. The van der Waals surface area contributed by atoms with Gasteiger partial charge in [-0.1, -0.05) is 6.42 Å². The summed E-state index contributed by atoms with van der Waals surface area (Å²) < 4.78 is 4.96. The standard InChI is InChI=1S/C13H14N2O3S/c1-8-7-19-12(15-8)10(5-14)11(16)6-18-13(17)9-3-2-4-9/h7,9-10H,2-4,6H2,1H3/t10-/m1/s1. The van der Waals surface area contributed by atoms with Crippen molar-refractivity contribution in [2.75, 3.05) is 6.61 Å². The normalized spacial score (nSPS) is 16.2.